The average Bonchev–Trinajstić information content (AvgIpc) is 2.15. The molecule has 0 aromatic heterocycles. The maximum atomic E-state index is 11.9. The summed E-state index contributed by atoms with van der Waals surface area (Å²) in [4.78, 5) is 13.7. The molecule has 1 aliphatic heterocycles. The second-order valence-electron chi connectivity index (χ2n) is 5.24. The number of amides is 1. The largest absolute Gasteiger partial charge is 0.394 e. The molecule has 4 nitrogen and oxygen atoms in total. The molecule has 1 N–H and O–H groups in total. The van der Waals surface area contributed by atoms with Gasteiger partial charge in [0.2, 0.25) is 5.91 Å². The fourth-order valence-corrected chi connectivity index (χ4v) is 1.69. The molecule has 0 radical (unpaired) electrons. The second kappa shape index (κ2) is 4.94. The number of carbonyl (C=O) groups excluding carboxylic acids is 1. The number of aliphatic hydroxyl groups excluding tert-OH is 1. The van der Waals surface area contributed by atoms with Crippen molar-refractivity contribution in [2.75, 3.05) is 26.4 Å². The van der Waals surface area contributed by atoms with Gasteiger partial charge in [0.1, 0.15) is 0 Å². The van der Waals surface area contributed by atoms with Crippen LogP contribution in [0.4, 0.5) is 0 Å². The number of carbonyl (C=O) groups is 1. The van der Waals surface area contributed by atoms with Crippen LogP contribution in [0.1, 0.15) is 27.2 Å². The van der Waals surface area contributed by atoms with Gasteiger partial charge in [-0.05, 0) is 5.41 Å². The first kappa shape index (κ1) is 12.5. The minimum Gasteiger partial charge on any atom is -0.394 e. The van der Waals surface area contributed by atoms with E-state index in [1.54, 1.807) is 4.90 Å². The molecule has 0 aromatic carbocycles. The van der Waals surface area contributed by atoms with Crippen LogP contribution >= 0.6 is 0 Å². The molecule has 1 rings (SSSR count). The first-order valence-electron chi connectivity index (χ1n) is 5.42. The Morgan fingerprint density at radius 1 is 1.53 bits per heavy atom. The van der Waals surface area contributed by atoms with Crippen molar-refractivity contribution in [3.8, 4) is 0 Å². The standard InChI is InChI=1S/C11H21NO3/c1-11(2,3)6-10(14)12-4-5-15-8-9(12)7-13/h9,13H,4-8H2,1-3H3. The van der Waals surface area contributed by atoms with Gasteiger partial charge in [0, 0.05) is 13.0 Å². The molecular formula is C11H21NO3. The van der Waals surface area contributed by atoms with Crippen molar-refractivity contribution < 1.29 is 14.6 Å². The van der Waals surface area contributed by atoms with Crippen molar-refractivity contribution in [3.63, 3.8) is 0 Å². The highest BCUT2D eigenvalue weighted by atomic mass is 16.5. The zero-order chi connectivity index (χ0) is 11.5. The molecule has 15 heavy (non-hydrogen) atoms. The first-order chi connectivity index (χ1) is 6.94. The lowest BCUT2D eigenvalue weighted by molar-refractivity contribution is -0.143. The van der Waals surface area contributed by atoms with E-state index in [4.69, 9.17) is 9.84 Å². The normalized spacial score (nSPS) is 22.9. The van der Waals surface area contributed by atoms with E-state index >= 15 is 0 Å². The second-order valence-corrected chi connectivity index (χ2v) is 5.24. The van der Waals surface area contributed by atoms with Crippen molar-refractivity contribution in [3.05, 3.63) is 0 Å². The van der Waals surface area contributed by atoms with E-state index in [1.165, 1.54) is 0 Å². The number of ether oxygens (including phenoxy) is 1. The number of hydrogen-bond donors (Lipinski definition) is 1. The van der Waals surface area contributed by atoms with Gasteiger partial charge in [-0.2, -0.15) is 0 Å². The van der Waals surface area contributed by atoms with E-state index in [0.29, 0.717) is 26.2 Å². The average molecular weight is 215 g/mol. The van der Waals surface area contributed by atoms with Crippen molar-refractivity contribution in [1.29, 1.82) is 0 Å². The van der Waals surface area contributed by atoms with E-state index in [2.05, 4.69) is 0 Å². The summed E-state index contributed by atoms with van der Waals surface area (Å²) in [6, 6.07) is -0.159. The van der Waals surface area contributed by atoms with Crippen molar-refractivity contribution >= 4 is 5.91 Å². The highest BCUT2D eigenvalue weighted by molar-refractivity contribution is 5.77. The smallest absolute Gasteiger partial charge is 0.223 e. The highest BCUT2D eigenvalue weighted by Gasteiger charge is 2.28. The predicted octanol–water partition coefficient (Wildman–Crippen LogP) is 0.642. The third kappa shape index (κ3) is 3.80. The van der Waals surface area contributed by atoms with Gasteiger partial charge < -0.3 is 14.7 Å². The number of morpholine rings is 1. The maximum absolute atomic E-state index is 11.9. The Morgan fingerprint density at radius 3 is 2.73 bits per heavy atom. The van der Waals surface area contributed by atoms with Crippen LogP contribution in [0, 0.1) is 5.41 Å². The van der Waals surface area contributed by atoms with E-state index < -0.39 is 0 Å². The molecule has 0 bridgehead atoms. The molecule has 88 valence electrons. The van der Waals surface area contributed by atoms with Crippen LogP contribution in [0.2, 0.25) is 0 Å². The van der Waals surface area contributed by atoms with E-state index in [1.807, 2.05) is 20.8 Å². The lowest BCUT2D eigenvalue weighted by atomic mass is 9.91. The van der Waals surface area contributed by atoms with Gasteiger partial charge in [-0.1, -0.05) is 20.8 Å². The van der Waals surface area contributed by atoms with Crippen LogP contribution in [0.25, 0.3) is 0 Å². The van der Waals surface area contributed by atoms with Crippen LogP contribution in [0.15, 0.2) is 0 Å². The quantitative estimate of drug-likeness (QED) is 0.735. The highest BCUT2D eigenvalue weighted by Crippen LogP contribution is 2.21. The summed E-state index contributed by atoms with van der Waals surface area (Å²) in [5.41, 5.74) is -0.00457. The van der Waals surface area contributed by atoms with E-state index in [0.717, 1.165) is 0 Å². The van der Waals surface area contributed by atoms with Gasteiger partial charge in [0.25, 0.3) is 0 Å². The molecule has 1 heterocycles. The Bertz CT molecular complexity index is 222. The van der Waals surface area contributed by atoms with Crippen molar-refractivity contribution in [2.45, 2.75) is 33.2 Å². The molecule has 1 unspecified atom stereocenters. The first-order valence-corrected chi connectivity index (χ1v) is 5.42. The van der Waals surface area contributed by atoms with Crippen LogP contribution in [-0.4, -0.2) is 48.3 Å². The zero-order valence-electron chi connectivity index (χ0n) is 9.82. The Morgan fingerprint density at radius 2 is 2.20 bits per heavy atom. The summed E-state index contributed by atoms with van der Waals surface area (Å²) in [6.07, 6.45) is 0.517. The van der Waals surface area contributed by atoms with Crippen molar-refractivity contribution in [1.82, 2.24) is 4.90 Å². The third-order valence-electron chi connectivity index (χ3n) is 2.44. The molecule has 1 atom stereocenters. The van der Waals surface area contributed by atoms with Gasteiger partial charge in [0.05, 0.1) is 25.9 Å². The fraction of sp³-hybridized carbons (Fsp3) is 0.909. The van der Waals surface area contributed by atoms with E-state index in [-0.39, 0.29) is 24.0 Å². The molecule has 1 saturated heterocycles. The van der Waals surface area contributed by atoms with Crippen LogP contribution in [0.5, 0.6) is 0 Å². The molecule has 1 fully saturated rings. The number of rotatable bonds is 2. The van der Waals surface area contributed by atoms with Crippen LogP contribution in [-0.2, 0) is 9.53 Å². The molecular weight excluding hydrogens is 194 g/mol. The van der Waals surface area contributed by atoms with Gasteiger partial charge in [-0.15, -0.1) is 0 Å². The third-order valence-corrected chi connectivity index (χ3v) is 2.44. The molecule has 1 amide bonds. The SMILES string of the molecule is CC(C)(C)CC(=O)N1CCOCC1CO. The fourth-order valence-electron chi connectivity index (χ4n) is 1.69. The van der Waals surface area contributed by atoms with Crippen molar-refractivity contribution in [2.24, 2.45) is 5.41 Å². The van der Waals surface area contributed by atoms with Crippen LogP contribution < -0.4 is 0 Å². The number of aliphatic hydroxyl groups is 1. The zero-order valence-corrected chi connectivity index (χ0v) is 9.82. The Labute approximate surface area is 91.2 Å². The Kier molecular flexibility index (Phi) is 4.11. The summed E-state index contributed by atoms with van der Waals surface area (Å²) in [5.74, 6) is 0.116. The van der Waals surface area contributed by atoms with Gasteiger partial charge in [-0.25, -0.2) is 0 Å². The van der Waals surface area contributed by atoms with Gasteiger partial charge in [-0.3, -0.25) is 4.79 Å². The molecule has 1 aliphatic rings. The number of hydrogen-bond acceptors (Lipinski definition) is 3. The topological polar surface area (TPSA) is 49.8 Å². The monoisotopic (exact) mass is 215 g/mol. The summed E-state index contributed by atoms with van der Waals surface area (Å²) in [5, 5.41) is 9.13. The van der Waals surface area contributed by atoms with E-state index in [9.17, 15) is 4.79 Å². The van der Waals surface area contributed by atoms with Crippen LogP contribution in [0.3, 0.4) is 0 Å². The minimum absolute atomic E-state index is 0.00457. The Balaban J connectivity index is 2.56. The molecule has 0 aliphatic carbocycles. The summed E-state index contributed by atoms with van der Waals surface area (Å²) in [6.45, 7) is 7.73. The molecule has 0 saturated carbocycles. The summed E-state index contributed by atoms with van der Waals surface area (Å²) in [7, 11) is 0. The lowest BCUT2D eigenvalue weighted by Gasteiger charge is -2.36. The maximum Gasteiger partial charge on any atom is 0.223 e. The van der Waals surface area contributed by atoms with Gasteiger partial charge in [0.15, 0.2) is 0 Å². The predicted molar refractivity (Wildman–Crippen MR) is 57.5 cm³/mol. The minimum atomic E-state index is -0.159. The molecule has 0 spiro atoms. The number of nitrogens with zero attached hydrogens (tertiary/aromatic N) is 1. The summed E-state index contributed by atoms with van der Waals surface area (Å²) >= 11 is 0. The molecule has 4 heteroatoms. The lowest BCUT2D eigenvalue weighted by Crippen LogP contribution is -2.51. The Hall–Kier alpha value is -0.610. The summed E-state index contributed by atoms with van der Waals surface area (Å²) < 4.78 is 5.23. The molecule has 0 aromatic rings. The van der Waals surface area contributed by atoms with Gasteiger partial charge >= 0.3 is 0 Å².